The second-order valence-electron chi connectivity index (χ2n) is 5.94. The van der Waals surface area contributed by atoms with E-state index in [1.807, 2.05) is 20.8 Å². The molecule has 8 nitrogen and oxygen atoms in total. The molecule has 8 heteroatoms. The van der Waals surface area contributed by atoms with Crippen LogP contribution in [0.15, 0.2) is 12.7 Å². The fourth-order valence-electron chi connectivity index (χ4n) is 2.46. The molecule has 4 N–H and O–H groups in total. The first-order valence-corrected chi connectivity index (χ1v) is 7.82. The summed E-state index contributed by atoms with van der Waals surface area (Å²) in [7, 11) is 0. The average molecular weight is 320 g/mol. The van der Waals surface area contributed by atoms with Crippen molar-refractivity contribution in [2.75, 3.05) is 5.73 Å². The molecule has 2 aromatic heterocycles. The van der Waals surface area contributed by atoms with Gasteiger partial charge in [-0.1, -0.05) is 20.8 Å². The minimum atomic E-state index is -0.550. The molecule has 0 aliphatic heterocycles. The highest BCUT2D eigenvalue weighted by Crippen LogP contribution is 2.14. The molecule has 2 unspecified atom stereocenters. The topological polar surface area (TPSA) is 119 Å². The maximum atomic E-state index is 12.1. The first-order valence-electron chi connectivity index (χ1n) is 7.82. The molecule has 2 rings (SSSR count). The van der Waals surface area contributed by atoms with Crippen LogP contribution in [0.2, 0.25) is 0 Å². The lowest BCUT2D eigenvalue weighted by atomic mass is 9.97. The third kappa shape index (κ3) is 3.95. The zero-order valence-electron chi connectivity index (χ0n) is 13.7. The molecule has 0 spiro atoms. The Bertz CT molecular complexity index is 669. The number of nitrogen functional groups attached to an aromatic ring is 1. The van der Waals surface area contributed by atoms with Crippen molar-refractivity contribution in [3.8, 4) is 0 Å². The van der Waals surface area contributed by atoms with Gasteiger partial charge in [-0.2, -0.15) is 0 Å². The van der Waals surface area contributed by atoms with Crippen LogP contribution in [-0.4, -0.2) is 42.7 Å². The summed E-state index contributed by atoms with van der Waals surface area (Å²) in [6.45, 7) is 6.25. The zero-order valence-corrected chi connectivity index (χ0v) is 13.7. The van der Waals surface area contributed by atoms with Gasteiger partial charge in [0.1, 0.15) is 11.8 Å². The predicted octanol–water partition coefficient (Wildman–Crippen LogP) is 0.710. The van der Waals surface area contributed by atoms with Crippen molar-refractivity contribution in [2.45, 2.75) is 52.3 Å². The van der Waals surface area contributed by atoms with E-state index >= 15 is 0 Å². The van der Waals surface area contributed by atoms with E-state index in [2.05, 4.69) is 20.3 Å². The van der Waals surface area contributed by atoms with Gasteiger partial charge in [0.2, 0.25) is 5.91 Å². The van der Waals surface area contributed by atoms with E-state index in [1.165, 1.54) is 6.33 Å². The second-order valence-corrected chi connectivity index (χ2v) is 5.94. The van der Waals surface area contributed by atoms with Gasteiger partial charge in [0, 0.05) is 13.0 Å². The van der Waals surface area contributed by atoms with Gasteiger partial charge in [-0.3, -0.25) is 4.79 Å². The maximum Gasteiger partial charge on any atom is 0.222 e. The number of aromatic nitrogens is 4. The van der Waals surface area contributed by atoms with Crippen molar-refractivity contribution >= 4 is 22.9 Å². The molecule has 23 heavy (non-hydrogen) atoms. The molecule has 0 radical (unpaired) electrons. The number of nitrogens with one attached hydrogen (secondary N) is 1. The summed E-state index contributed by atoms with van der Waals surface area (Å²) >= 11 is 0. The van der Waals surface area contributed by atoms with Gasteiger partial charge in [-0.25, -0.2) is 15.0 Å². The van der Waals surface area contributed by atoms with Crippen molar-refractivity contribution in [1.82, 2.24) is 24.8 Å². The number of hydrogen-bond acceptors (Lipinski definition) is 6. The molecular weight excluding hydrogens is 296 g/mol. The molecule has 0 saturated carbocycles. The third-order valence-electron chi connectivity index (χ3n) is 3.89. The lowest BCUT2D eigenvalue weighted by Crippen LogP contribution is -2.45. The van der Waals surface area contributed by atoms with E-state index < -0.39 is 6.10 Å². The number of amides is 1. The second kappa shape index (κ2) is 7.36. The normalized spacial score (nSPS) is 14.1. The molecule has 0 bridgehead atoms. The number of carbonyl (C=O) groups excluding carboxylic acids is 1. The average Bonchev–Trinajstić information content (AvgIpc) is 2.94. The Morgan fingerprint density at radius 3 is 2.78 bits per heavy atom. The highest BCUT2D eigenvalue weighted by Gasteiger charge is 2.22. The summed E-state index contributed by atoms with van der Waals surface area (Å²) in [4.78, 5) is 24.3. The molecule has 2 aromatic rings. The Kier molecular flexibility index (Phi) is 5.49. The Labute approximate surface area is 135 Å². The highest BCUT2D eigenvalue weighted by molar-refractivity contribution is 5.81. The first-order chi connectivity index (χ1) is 10.9. The summed E-state index contributed by atoms with van der Waals surface area (Å²) in [5, 5.41) is 13.0. The van der Waals surface area contributed by atoms with Crippen LogP contribution >= 0.6 is 0 Å². The summed E-state index contributed by atoms with van der Waals surface area (Å²) < 4.78 is 1.77. The Balaban J connectivity index is 1.97. The van der Waals surface area contributed by atoms with Gasteiger partial charge >= 0.3 is 0 Å². The van der Waals surface area contributed by atoms with Crippen molar-refractivity contribution < 1.29 is 9.90 Å². The van der Waals surface area contributed by atoms with E-state index in [9.17, 15) is 9.90 Å². The number of aryl methyl sites for hydroxylation is 1. The standard InChI is InChI=1S/C15H24N6O2/c1-4-10(13(23)9(2)3)20-11(22)5-6-21-8-19-12-14(16)17-7-18-15(12)21/h7-10,13,23H,4-6H2,1-3H3,(H,20,22)(H2,16,17,18). The van der Waals surface area contributed by atoms with Gasteiger partial charge in [0.25, 0.3) is 0 Å². The van der Waals surface area contributed by atoms with Crippen molar-refractivity contribution in [2.24, 2.45) is 5.92 Å². The fourth-order valence-corrected chi connectivity index (χ4v) is 2.46. The molecular formula is C15H24N6O2. The van der Waals surface area contributed by atoms with Gasteiger partial charge in [0.05, 0.1) is 18.5 Å². The number of nitrogens with zero attached hydrogens (tertiary/aromatic N) is 4. The first kappa shape index (κ1) is 17.1. The van der Waals surface area contributed by atoms with Crippen LogP contribution < -0.4 is 11.1 Å². The molecule has 126 valence electrons. The molecule has 2 atom stereocenters. The number of aliphatic hydroxyl groups excluding tert-OH is 1. The number of hydrogen-bond donors (Lipinski definition) is 3. The van der Waals surface area contributed by atoms with E-state index in [4.69, 9.17) is 5.73 Å². The number of anilines is 1. The lowest BCUT2D eigenvalue weighted by Gasteiger charge is -2.25. The van der Waals surface area contributed by atoms with Crippen LogP contribution in [0.5, 0.6) is 0 Å². The fraction of sp³-hybridized carbons (Fsp3) is 0.600. The summed E-state index contributed by atoms with van der Waals surface area (Å²) in [5.74, 6) is 0.308. The zero-order chi connectivity index (χ0) is 17.0. The van der Waals surface area contributed by atoms with Crippen LogP contribution in [0.4, 0.5) is 5.82 Å². The van der Waals surface area contributed by atoms with Crippen LogP contribution in [0.25, 0.3) is 11.2 Å². The van der Waals surface area contributed by atoms with Crippen LogP contribution in [0, 0.1) is 5.92 Å². The number of aliphatic hydroxyl groups is 1. The third-order valence-corrected chi connectivity index (χ3v) is 3.89. The Morgan fingerprint density at radius 2 is 2.13 bits per heavy atom. The summed E-state index contributed by atoms with van der Waals surface area (Å²) in [6, 6.07) is -0.236. The van der Waals surface area contributed by atoms with Crippen molar-refractivity contribution in [3.63, 3.8) is 0 Å². The summed E-state index contributed by atoms with van der Waals surface area (Å²) in [6.07, 6.45) is 3.38. The number of rotatable bonds is 7. The number of fused-ring (bicyclic) bond motifs is 1. The SMILES string of the molecule is CCC(NC(=O)CCn1cnc2c(N)ncnc21)C(O)C(C)C. The number of carbonyl (C=O) groups is 1. The minimum absolute atomic E-state index is 0.0949. The quantitative estimate of drug-likeness (QED) is 0.691. The Morgan fingerprint density at radius 1 is 1.39 bits per heavy atom. The number of imidazole rings is 1. The van der Waals surface area contributed by atoms with Crippen LogP contribution in [-0.2, 0) is 11.3 Å². The molecule has 0 aromatic carbocycles. The largest absolute Gasteiger partial charge is 0.391 e. The lowest BCUT2D eigenvalue weighted by molar-refractivity contribution is -0.123. The molecule has 0 fully saturated rings. The van der Waals surface area contributed by atoms with Gasteiger partial charge < -0.3 is 20.7 Å². The number of nitrogens with two attached hydrogens (primary N) is 1. The van der Waals surface area contributed by atoms with Crippen LogP contribution in [0.1, 0.15) is 33.6 Å². The molecule has 0 saturated heterocycles. The van der Waals surface area contributed by atoms with Gasteiger partial charge in [0.15, 0.2) is 11.5 Å². The monoisotopic (exact) mass is 320 g/mol. The van der Waals surface area contributed by atoms with Gasteiger partial charge in [-0.05, 0) is 12.3 Å². The van der Waals surface area contributed by atoms with Crippen LogP contribution in [0.3, 0.4) is 0 Å². The van der Waals surface area contributed by atoms with Crippen molar-refractivity contribution in [3.05, 3.63) is 12.7 Å². The van der Waals surface area contributed by atoms with E-state index in [0.717, 1.165) is 0 Å². The maximum absolute atomic E-state index is 12.1. The van der Waals surface area contributed by atoms with E-state index in [-0.39, 0.29) is 24.3 Å². The Hall–Kier alpha value is -2.22. The van der Waals surface area contributed by atoms with E-state index in [0.29, 0.717) is 29.9 Å². The summed E-state index contributed by atoms with van der Waals surface area (Å²) in [5.41, 5.74) is 6.88. The van der Waals surface area contributed by atoms with Crippen molar-refractivity contribution in [1.29, 1.82) is 0 Å². The molecule has 2 heterocycles. The van der Waals surface area contributed by atoms with Gasteiger partial charge in [-0.15, -0.1) is 0 Å². The predicted molar refractivity (Wildman–Crippen MR) is 87.4 cm³/mol. The molecule has 0 aliphatic carbocycles. The highest BCUT2D eigenvalue weighted by atomic mass is 16.3. The van der Waals surface area contributed by atoms with E-state index in [1.54, 1.807) is 10.9 Å². The molecule has 1 amide bonds. The molecule has 0 aliphatic rings. The smallest absolute Gasteiger partial charge is 0.222 e. The minimum Gasteiger partial charge on any atom is -0.391 e.